The Labute approximate surface area is 223 Å². The second-order valence-electron chi connectivity index (χ2n) is 7.99. The van der Waals surface area contributed by atoms with Crippen LogP contribution in [0.25, 0.3) is 0 Å². The van der Waals surface area contributed by atoms with Crippen molar-refractivity contribution >= 4 is 56.7 Å². The fourth-order valence-corrected chi connectivity index (χ4v) is 5.82. The first-order chi connectivity index (χ1) is 17.6. The SMILES string of the molecule is O=C(CNCc1ccc(C2=NCCN2C(=O)O)cc1)CNC(=O)CNCS(=O)(=O)c1c(Cl)cccc1Cl. The summed E-state index contributed by atoms with van der Waals surface area (Å²) >= 11 is 11.9. The summed E-state index contributed by atoms with van der Waals surface area (Å²) in [5.74, 6) is -0.954. The van der Waals surface area contributed by atoms with Gasteiger partial charge in [0.1, 0.15) is 16.6 Å². The fraction of sp³-hybridized carbons (Fsp3) is 0.304. The summed E-state index contributed by atoms with van der Waals surface area (Å²) in [5.41, 5.74) is 1.57. The molecule has 1 aliphatic heterocycles. The first kappa shape index (κ1) is 28.5. The minimum atomic E-state index is -3.87. The van der Waals surface area contributed by atoms with Gasteiger partial charge in [-0.25, -0.2) is 13.2 Å². The van der Waals surface area contributed by atoms with E-state index in [4.69, 9.17) is 23.2 Å². The van der Waals surface area contributed by atoms with Gasteiger partial charge in [-0.15, -0.1) is 0 Å². The van der Waals surface area contributed by atoms with E-state index < -0.39 is 27.7 Å². The quantitative estimate of drug-likeness (QED) is 0.299. The number of hydrogen-bond donors (Lipinski definition) is 4. The van der Waals surface area contributed by atoms with Gasteiger partial charge in [0.15, 0.2) is 15.6 Å². The molecule has 3 rings (SSSR count). The van der Waals surface area contributed by atoms with Crippen molar-refractivity contribution in [1.82, 2.24) is 20.9 Å². The van der Waals surface area contributed by atoms with Gasteiger partial charge in [0.05, 0.1) is 42.8 Å². The van der Waals surface area contributed by atoms with Crippen LogP contribution in [0.5, 0.6) is 0 Å². The molecule has 1 aliphatic rings. The summed E-state index contributed by atoms with van der Waals surface area (Å²) in [7, 11) is -3.87. The van der Waals surface area contributed by atoms with Gasteiger partial charge < -0.3 is 15.7 Å². The topological polar surface area (TPSA) is 157 Å². The zero-order valence-electron chi connectivity index (χ0n) is 19.5. The Bertz CT molecular complexity index is 1280. The number of hydrogen-bond acceptors (Lipinski definition) is 8. The van der Waals surface area contributed by atoms with Crippen LogP contribution in [-0.2, 0) is 26.0 Å². The van der Waals surface area contributed by atoms with Crippen LogP contribution in [-0.4, -0.2) is 80.6 Å². The van der Waals surface area contributed by atoms with E-state index in [2.05, 4.69) is 20.9 Å². The van der Waals surface area contributed by atoms with Gasteiger partial charge >= 0.3 is 6.09 Å². The lowest BCUT2D eigenvalue weighted by atomic mass is 10.1. The number of carboxylic acid groups (broad SMARTS) is 1. The van der Waals surface area contributed by atoms with Crippen LogP contribution >= 0.6 is 23.2 Å². The van der Waals surface area contributed by atoms with Crippen molar-refractivity contribution in [3.05, 3.63) is 63.6 Å². The van der Waals surface area contributed by atoms with Crippen LogP contribution in [0.1, 0.15) is 11.1 Å². The molecule has 2 amide bonds. The molecule has 37 heavy (non-hydrogen) atoms. The van der Waals surface area contributed by atoms with E-state index in [0.29, 0.717) is 31.0 Å². The lowest BCUT2D eigenvalue weighted by Crippen LogP contribution is -2.40. The third-order valence-corrected chi connectivity index (χ3v) is 7.73. The smallest absolute Gasteiger partial charge is 0.413 e. The molecule has 0 saturated heterocycles. The third-order valence-electron chi connectivity index (χ3n) is 5.23. The largest absolute Gasteiger partial charge is 0.465 e. The van der Waals surface area contributed by atoms with Gasteiger partial charge in [-0.05, 0) is 17.7 Å². The number of rotatable bonds is 12. The number of aliphatic imine (C=N–C) groups is 1. The molecule has 11 nitrogen and oxygen atoms in total. The maximum atomic E-state index is 12.4. The summed E-state index contributed by atoms with van der Waals surface area (Å²) in [6.45, 7) is 0.613. The Morgan fingerprint density at radius 2 is 1.65 bits per heavy atom. The Morgan fingerprint density at radius 1 is 0.973 bits per heavy atom. The minimum absolute atomic E-state index is 0.00828. The summed E-state index contributed by atoms with van der Waals surface area (Å²) in [4.78, 5) is 40.5. The van der Waals surface area contributed by atoms with Crippen LogP contribution in [0.3, 0.4) is 0 Å². The van der Waals surface area contributed by atoms with Crippen LogP contribution < -0.4 is 16.0 Å². The average molecular weight is 570 g/mol. The van der Waals surface area contributed by atoms with E-state index in [-0.39, 0.29) is 40.4 Å². The zero-order chi connectivity index (χ0) is 27.0. The van der Waals surface area contributed by atoms with Crippen LogP contribution in [0.2, 0.25) is 10.0 Å². The monoisotopic (exact) mass is 569 g/mol. The predicted octanol–water partition coefficient (Wildman–Crippen LogP) is 1.53. The Balaban J connectivity index is 1.35. The number of amides is 2. The zero-order valence-corrected chi connectivity index (χ0v) is 21.9. The predicted molar refractivity (Wildman–Crippen MR) is 139 cm³/mol. The van der Waals surface area contributed by atoms with Crippen molar-refractivity contribution < 1.29 is 27.9 Å². The fourth-order valence-electron chi connectivity index (χ4n) is 3.47. The maximum absolute atomic E-state index is 12.4. The average Bonchev–Trinajstić information content (AvgIpc) is 3.33. The maximum Gasteiger partial charge on any atom is 0.413 e. The lowest BCUT2D eigenvalue weighted by Gasteiger charge is -2.14. The summed E-state index contributed by atoms with van der Waals surface area (Å²) < 4.78 is 24.9. The highest BCUT2D eigenvalue weighted by Gasteiger charge is 2.24. The highest BCUT2D eigenvalue weighted by Crippen LogP contribution is 2.29. The molecule has 4 N–H and O–H groups in total. The molecule has 1 heterocycles. The molecule has 0 fully saturated rings. The molecule has 0 spiro atoms. The molecule has 0 aliphatic carbocycles. The third kappa shape index (κ3) is 7.98. The first-order valence-electron chi connectivity index (χ1n) is 11.1. The van der Waals surface area contributed by atoms with Gasteiger partial charge in [0, 0.05) is 12.1 Å². The molecule has 0 radical (unpaired) electrons. The van der Waals surface area contributed by atoms with Gasteiger partial charge in [0.2, 0.25) is 5.91 Å². The Hall–Kier alpha value is -3.03. The number of nitrogens with one attached hydrogen (secondary N) is 3. The number of ketones is 1. The Morgan fingerprint density at radius 3 is 2.30 bits per heavy atom. The number of carbonyl (C=O) groups is 3. The van der Waals surface area contributed by atoms with Gasteiger partial charge in [-0.2, -0.15) is 0 Å². The van der Waals surface area contributed by atoms with Crippen LogP contribution in [0, 0.1) is 0 Å². The number of Topliss-reactive ketones (excluding diaryl/α,β-unsaturated/α-hetero) is 1. The number of nitrogens with zero attached hydrogens (tertiary/aromatic N) is 2. The molecule has 2 aromatic carbocycles. The number of sulfone groups is 1. The molecule has 0 atom stereocenters. The standard InChI is InChI=1S/C23H25Cl2N5O6S/c24-18-2-1-3-19(25)21(18)37(35,36)14-27-13-20(32)29-12-17(31)11-26-10-15-4-6-16(7-5-15)22-28-8-9-30(22)23(33)34/h1-7,26-27H,8-14H2,(H,29,32)(H,33,34). The second kappa shape index (κ2) is 13.0. The highest BCUT2D eigenvalue weighted by molar-refractivity contribution is 7.91. The van der Waals surface area contributed by atoms with E-state index in [1.54, 1.807) is 12.1 Å². The van der Waals surface area contributed by atoms with Crippen molar-refractivity contribution in [2.45, 2.75) is 11.4 Å². The van der Waals surface area contributed by atoms with Crippen molar-refractivity contribution in [3.63, 3.8) is 0 Å². The van der Waals surface area contributed by atoms with Crippen molar-refractivity contribution in [3.8, 4) is 0 Å². The second-order valence-corrected chi connectivity index (χ2v) is 10.7. The van der Waals surface area contributed by atoms with Gasteiger partial charge in [-0.1, -0.05) is 53.5 Å². The molecule has 2 aromatic rings. The lowest BCUT2D eigenvalue weighted by molar-refractivity contribution is -0.124. The molecule has 198 valence electrons. The molecule has 14 heteroatoms. The van der Waals surface area contributed by atoms with Gasteiger partial charge in [0.25, 0.3) is 0 Å². The van der Waals surface area contributed by atoms with E-state index in [1.165, 1.54) is 23.1 Å². The van der Waals surface area contributed by atoms with E-state index in [0.717, 1.165) is 5.56 Å². The number of halogens is 2. The molecule has 0 unspecified atom stereocenters. The van der Waals surface area contributed by atoms with Crippen molar-refractivity contribution in [1.29, 1.82) is 0 Å². The normalized spacial score (nSPS) is 13.4. The summed E-state index contributed by atoms with van der Waals surface area (Å²) in [6, 6.07) is 11.5. The van der Waals surface area contributed by atoms with E-state index in [1.807, 2.05) is 12.1 Å². The molecule has 0 saturated carbocycles. The number of carbonyl (C=O) groups excluding carboxylic acids is 2. The van der Waals surface area contributed by atoms with E-state index in [9.17, 15) is 27.9 Å². The summed E-state index contributed by atoms with van der Waals surface area (Å²) in [5, 5.41) is 17.1. The van der Waals surface area contributed by atoms with Gasteiger partial charge in [-0.3, -0.25) is 24.8 Å². The van der Waals surface area contributed by atoms with Crippen LogP contribution in [0.15, 0.2) is 52.4 Å². The highest BCUT2D eigenvalue weighted by atomic mass is 35.5. The molecule has 0 aromatic heterocycles. The Kier molecular flexibility index (Phi) is 10.0. The molecular weight excluding hydrogens is 545 g/mol. The molecule has 0 bridgehead atoms. The number of amidine groups is 1. The van der Waals surface area contributed by atoms with E-state index >= 15 is 0 Å². The number of benzene rings is 2. The summed E-state index contributed by atoms with van der Waals surface area (Å²) in [6.07, 6.45) is -1.05. The first-order valence-corrected chi connectivity index (χ1v) is 13.5. The minimum Gasteiger partial charge on any atom is -0.465 e. The van der Waals surface area contributed by atoms with Crippen molar-refractivity contribution in [2.75, 3.05) is 38.6 Å². The van der Waals surface area contributed by atoms with Crippen molar-refractivity contribution in [2.24, 2.45) is 4.99 Å². The van der Waals surface area contributed by atoms with Crippen LogP contribution in [0.4, 0.5) is 4.79 Å². The molecular formula is C23H25Cl2N5O6S.